The summed E-state index contributed by atoms with van der Waals surface area (Å²) in [4.78, 5) is 12.4. The van der Waals surface area contributed by atoms with Crippen molar-refractivity contribution in [1.82, 2.24) is 9.62 Å². The van der Waals surface area contributed by atoms with E-state index in [0.717, 1.165) is 13.1 Å². The quantitative estimate of drug-likeness (QED) is 0.608. The smallest absolute Gasteiger partial charge is 0.269 e. The molecule has 0 saturated carbocycles. The largest absolute Gasteiger partial charge is 0.379 e. The molecule has 0 bridgehead atoms. The van der Waals surface area contributed by atoms with Gasteiger partial charge in [0.05, 0.1) is 23.0 Å². The summed E-state index contributed by atoms with van der Waals surface area (Å²) >= 11 is 0. The number of morpholine rings is 1. The third-order valence-corrected chi connectivity index (χ3v) is 5.40. The normalized spacial score (nSPS) is 17.8. The molecule has 1 aromatic rings. The Morgan fingerprint density at radius 1 is 1.39 bits per heavy atom. The second-order valence-corrected chi connectivity index (χ2v) is 7.32. The van der Waals surface area contributed by atoms with E-state index in [2.05, 4.69) is 9.62 Å². The molecule has 0 aromatic heterocycles. The van der Waals surface area contributed by atoms with Crippen LogP contribution in [0.4, 0.5) is 5.69 Å². The number of rotatable bonds is 6. The minimum Gasteiger partial charge on any atom is -0.379 e. The monoisotopic (exact) mass is 343 g/mol. The first-order chi connectivity index (χ1) is 10.8. The van der Waals surface area contributed by atoms with Crippen LogP contribution < -0.4 is 4.72 Å². The van der Waals surface area contributed by atoms with E-state index in [0.29, 0.717) is 25.3 Å². The first-order valence-electron chi connectivity index (χ1n) is 7.37. The summed E-state index contributed by atoms with van der Waals surface area (Å²) in [5.74, 6) is 0. The molecule has 23 heavy (non-hydrogen) atoms. The summed E-state index contributed by atoms with van der Waals surface area (Å²) in [7, 11) is -3.71. The topological polar surface area (TPSA) is 102 Å². The highest BCUT2D eigenvalue weighted by Gasteiger charge is 2.23. The van der Waals surface area contributed by atoms with Crippen LogP contribution >= 0.6 is 0 Å². The molecule has 0 spiro atoms. The Kier molecular flexibility index (Phi) is 5.69. The number of aryl methyl sites for hydroxylation is 1. The number of hydrogen-bond donors (Lipinski definition) is 1. The molecule has 128 valence electrons. The molecule has 8 nitrogen and oxygen atoms in total. The van der Waals surface area contributed by atoms with Crippen LogP contribution in [0.1, 0.15) is 12.5 Å². The first-order valence-corrected chi connectivity index (χ1v) is 8.85. The predicted octanol–water partition coefficient (Wildman–Crippen LogP) is 0.902. The maximum atomic E-state index is 12.5. The van der Waals surface area contributed by atoms with Gasteiger partial charge in [-0.05, 0) is 25.5 Å². The summed E-state index contributed by atoms with van der Waals surface area (Å²) in [6.45, 7) is 6.81. The number of ether oxygens (including phenoxy) is 1. The zero-order chi connectivity index (χ0) is 17.0. The Labute approximate surface area is 135 Å². The van der Waals surface area contributed by atoms with Crippen molar-refractivity contribution in [1.29, 1.82) is 0 Å². The Morgan fingerprint density at radius 2 is 2.04 bits per heavy atom. The highest BCUT2D eigenvalue weighted by atomic mass is 32.2. The van der Waals surface area contributed by atoms with E-state index in [1.165, 1.54) is 18.2 Å². The minimum absolute atomic E-state index is 0.0666. The molecule has 1 aromatic carbocycles. The molecule has 1 saturated heterocycles. The van der Waals surface area contributed by atoms with Gasteiger partial charge in [-0.2, -0.15) is 0 Å². The van der Waals surface area contributed by atoms with Gasteiger partial charge < -0.3 is 4.74 Å². The summed E-state index contributed by atoms with van der Waals surface area (Å²) < 4.78 is 32.8. The third kappa shape index (κ3) is 4.71. The Hall–Kier alpha value is -1.55. The fourth-order valence-electron chi connectivity index (χ4n) is 2.59. The SMILES string of the molecule is Cc1cc([N+](=O)[O-])ccc1S(=O)(=O)N[C@H](C)CN1CCOCC1. The van der Waals surface area contributed by atoms with Gasteiger partial charge in [0.15, 0.2) is 0 Å². The van der Waals surface area contributed by atoms with E-state index in [1.807, 2.05) is 0 Å². The molecule has 1 fully saturated rings. The second-order valence-electron chi connectivity index (χ2n) is 5.64. The van der Waals surface area contributed by atoms with Crippen molar-refractivity contribution in [2.24, 2.45) is 0 Å². The van der Waals surface area contributed by atoms with E-state index in [-0.39, 0.29) is 16.6 Å². The highest BCUT2D eigenvalue weighted by Crippen LogP contribution is 2.21. The van der Waals surface area contributed by atoms with E-state index in [9.17, 15) is 18.5 Å². The predicted molar refractivity (Wildman–Crippen MR) is 84.9 cm³/mol. The van der Waals surface area contributed by atoms with Crippen LogP contribution in [-0.4, -0.2) is 57.1 Å². The number of nitro groups is 1. The Bertz CT molecular complexity index is 671. The number of nitro benzene ring substituents is 1. The molecular formula is C14H21N3O5S. The summed E-state index contributed by atoms with van der Waals surface area (Å²) in [6.07, 6.45) is 0. The lowest BCUT2D eigenvalue weighted by atomic mass is 10.2. The fourth-order valence-corrected chi connectivity index (χ4v) is 4.05. The zero-order valence-electron chi connectivity index (χ0n) is 13.2. The Morgan fingerprint density at radius 3 is 2.61 bits per heavy atom. The van der Waals surface area contributed by atoms with Gasteiger partial charge in [0.1, 0.15) is 0 Å². The first kappa shape index (κ1) is 17.8. The van der Waals surface area contributed by atoms with Gasteiger partial charge in [-0.15, -0.1) is 0 Å². The van der Waals surface area contributed by atoms with Gasteiger partial charge in [-0.1, -0.05) is 0 Å². The van der Waals surface area contributed by atoms with Crippen LogP contribution in [-0.2, 0) is 14.8 Å². The third-order valence-electron chi connectivity index (χ3n) is 3.65. The molecule has 1 atom stereocenters. The van der Waals surface area contributed by atoms with Crippen LogP contribution in [0.2, 0.25) is 0 Å². The molecule has 1 aliphatic rings. The van der Waals surface area contributed by atoms with Gasteiger partial charge in [0, 0.05) is 37.8 Å². The van der Waals surface area contributed by atoms with Crippen molar-refractivity contribution < 1.29 is 18.1 Å². The second kappa shape index (κ2) is 7.35. The van der Waals surface area contributed by atoms with Crippen molar-refractivity contribution in [3.8, 4) is 0 Å². The lowest BCUT2D eigenvalue weighted by Gasteiger charge is -2.29. The lowest BCUT2D eigenvalue weighted by molar-refractivity contribution is -0.385. The van der Waals surface area contributed by atoms with Crippen molar-refractivity contribution in [3.05, 3.63) is 33.9 Å². The number of hydrogen-bond acceptors (Lipinski definition) is 6. The fraction of sp³-hybridized carbons (Fsp3) is 0.571. The van der Waals surface area contributed by atoms with E-state index in [1.54, 1.807) is 13.8 Å². The molecule has 0 unspecified atom stereocenters. The van der Waals surface area contributed by atoms with Gasteiger partial charge in [-0.25, -0.2) is 13.1 Å². The summed E-state index contributed by atoms with van der Waals surface area (Å²) in [5, 5.41) is 10.7. The summed E-state index contributed by atoms with van der Waals surface area (Å²) in [5.41, 5.74) is 0.230. The molecule has 1 heterocycles. The summed E-state index contributed by atoms with van der Waals surface area (Å²) in [6, 6.07) is 3.47. The number of benzene rings is 1. The van der Waals surface area contributed by atoms with Crippen molar-refractivity contribution >= 4 is 15.7 Å². The van der Waals surface area contributed by atoms with Crippen LogP contribution in [0.25, 0.3) is 0 Å². The molecule has 9 heteroatoms. The average molecular weight is 343 g/mol. The molecule has 1 N–H and O–H groups in total. The van der Waals surface area contributed by atoms with E-state index < -0.39 is 14.9 Å². The number of non-ortho nitro benzene ring substituents is 1. The molecule has 2 rings (SSSR count). The zero-order valence-corrected chi connectivity index (χ0v) is 14.0. The maximum absolute atomic E-state index is 12.5. The molecule has 1 aliphatic heterocycles. The van der Waals surface area contributed by atoms with E-state index >= 15 is 0 Å². The molecule has 0 amide bonds. The van der Waals surface area contributed by atoms with Gasteiger partial charge >= 0.3 is 0 Å². The van der Waals surface area contributed by atoms with Crippen molar-refractivity contribution in [2.45, 2.75) is 24.8 Å². The van der Waals surface area contributed by atoms with Gasteiger partial charge in [0.25, 0.3) is 5.69 Å². The van der Waals surface area contributed by atoms with E-state index in [4.69, 9.17) is 4.74 Å². The number of nitrogens with zero attached hydrogens (tertiary/aromatic N) is 2. The average Bonchev–Trinajstić information content (AvgIpc) is 2.47. The molecule has 0 aliphatic carbocycles. The standard InChI is InChI=1S/C14H21N3O5S/c1-11-9-13(17(18)19)3-4-14(11)23(20,21)15-12(2)10-16-5-7-22-8-6-16/h3-4,9,12,15H,5-8,10H2,1-2H3/t12-/m1/s1. The van der Waals surface area contributed by atoms with Gasteiger partial charge in [-0.3, -0.25) is 15.0 Å². The maximum Gasteiger partial charge on any atom is 0.269 e. The minimum atomic E-state index is -3.71. The van der Waals surface area contributed by atoms with Crippen molar-refractivity contribution in [2.75, 3.05) is 32.8 Å². The molecule has 0 radical (unpaired) electrons. The Balaban J connectivity index is 2.07. The molecular weight excluding hydrogens is 322 g/mol. The van der Waals surface area contributed by atoms with Gasteiger partial charge in [0.2, 0.25) is 10.0 Å². The van der Waals surface area contributed by atoms with Crippen molar-refractivity contribution in [3.63, 3.8) is 0 Å². The highest BCUT2D eigenvalue weighted by molar-refractivity contribution is 7.89. The van der Waals surface area contributed by atoms with Crippen LogP contribution in [0.15, 0.2) is 23.1 Å². The lowest BCUT2D eigenvalue weighted by Crippen LogP contribution is -2.46. The number of sulfonamides is 1. The van der Waals surface area contributed by atoms with Crippen LogP contribution in [0.3, 0.4) is 0 Å². The van der Waals surface area contributed by atoms with Crippen LogP contribution in [0, 0.1) is 17.0 Å². The number of nitrogens with one attached hydrogen (secondary N) is 1. The van der Waals surface area contributed by atoms with Crippen LogP contribution in [0.5, 0.6) is 0 Å².